The molecule has 0 bridgehead atoms. The summed E-state index contributed by atoms with van der Waals surface area (Å²) in [5.41, 5.74) is 6.25. The van der Waals surface area contributed by atoms with Crippen molar-refractivity contribution < 1.29 is 8.78 Å². The first-order valence-electron chi connectivity index (χ1n) is 5.12. The number of piperidine rings is 1. The first-order chi connectivity index (χ1) is 7.16. The summed E-state index contributed by atoms with van der Waals surface area (Å²) >= 11 is 0. The van der Waals surface area contributed by atoms with Gasteiger partial charge in [0.25, 0.3) is 0 Å². The summed E-state index contributed by atoms with van der Waals surface area (Å²) in [7, 11) is 0. The molecule has 82 valence electrons. The number of anilines is 1. The molecule has 1 aromatic rings. The first kappa shape index (κ1) is 10.4. The van der Waals surface area contributed by atoms with Gasteiger partial charge in [0, 0.05) is 25.2 Å². The van der Waals surface area contributed by atoms with Gasteiger partial charge in [0.05, 0.1) is 5.69 Å². The molecule has 1 fully saturated rings. The molecule has 1 atom stereocenters. The third-order valence-electron chi connectivity index (χ3n) is 2.71. The molecule has 1 saturated heterocycles. The van der Waals surface area contributed by atoms with Crippen LogP contribution in [0.2, 0.25) is 0 Å². The van der Waals surface area contributed by atoms with Crippen molar-refractivity contribution in [2.75, 3.05) is 18.0 Å². The quantitative estimate of drug-likeness (QED) is 0.770. The standard InChI is InChI=1S/C11H14F2N2/c12-8-3-4-11(10(13)6-8)15-5-1-2-9(14)7-15/h3-4,6,9H,1-2,5,7,14H2. The Kier molecular flexibility index (Phi) is 2.86. The molecule has 1 aliphatic rings. The van der Waals surface area contributed by atoms with E-state index in [0.29, 0.717) is 12.2 Å². The molecule has 4 heteroatoms. The van der Waals surface area contributed by atoms with Gasteiger partial charge in [-0.25, -0.2) is 8.78 Å². The fourth-order valence-corrected chi connectivity index (χ4v) is 1.97. The number of halogens is 2. The van der Waals surface area contributed by atoms with Gasteiger partial charge >= 0.3 is 0 Å². The molecular weight excluding hydrogens is 198 g/mol. The Bertz CT molecular complexity index is 354. The zero-order valence-corrected chi connectivity index (χ0v) is 8.42. The van der Waals surface area contributed by atoms with Gasteiger partial charge in [-0.2, -0.15) is 0 Å². The summed E-state index contributed by atoms with van der Waals surface area (Å²) in [6, 6.07) is 3.75. The maximum Gasteiger partial charge on any atom is 0.149 e. The highest BCUT2D eigenvalue weighted by molar-refractivity contribution is 5.48. The van der Waals surface area contributed by atoms with Crippen LogP contribution in [0.4, 0.5) is 14.5 Å². The maximum atomic E-state index is 13.4. The van der Waals surface area contributed by atoms with E-state index in [2.05, 4.69) is 0 Å². The van der Waals surface area contributed by atoms with Crippen LogP contribution < -0.4 is 10.6 Å². The first-order valence-corrected chi connectivity index (χ1v) is 5.12. The highest BCUT2D eigenvalue weighted by Crippen LogP contribution is 2.23. The van der Waals surface area contributed by atoms with Gasteiger partial charge in [-0.05, 0) is 25.0 Å². The Morgan fingerprint density at radius 2 is 2.13 bits per heavy atom. The molecule has 2 N–H and O–H groups in total. The molecule has 0 spiro atoms. The Morgan fingerprint density at radius 1 is 1.33 bits per heavy atom. The van der Waals surface area contributed by atoms with E-state index in [-0.39, 0.29) is 6.04 Å². The lowest BCUT2D eigenvalue weighted by Gasteiger charge is -2.32. The maximum absolute atomic E-state index is 13.4. The highest BCUT2D eigenvalue weighted by atomic mass is 19.1. The van der Waals surface area contributed by atoms with E-state index in [1.54, 1.807) is 0 Å². The van der Waals surface area contributed by atoms with E-state index in [1.807, 2.05) is 4.90 Å². The lowest BCUT2D eigenvalue weighted by molar-refractivity contribution is 0.496. The summed E-state index contributed by atoms with van der Waals surface area (Å²) in [6.07, 6.45) is 1.93. The summed E-state index contributed by atoms with van der Waals surface area (Å²) in [6.45, 7) is 1.43. The molecule has 0 radical (unpaired) electrons. The van der Waals surface area contributed by atoms with Gasteiger partial charge in [-0.15, -0.1) is 0 Å². The highest BCUT2D eigenvalue weighted by Gasteiger charge is 2.19. The fourth-order valence-electron chi connectivity index (χ4n) is 1.97. The van der Waals surface area contributed by atoms with E-state index in [1.165, 1.54) is 12.1 Å². The van der Waals surface area contributed by atoms with Gasteiger partial charge in [-0.3, -0.25) is 0 Å². The number of rotatable bonds is 1. The van der Waals surface area contributed by atoms with Crippen LogP contribution in [0.15, 0.2) is 18.2 Å². The van der Waals surface area contributed by atoms with Crippen molar-refractivity contribution in [3.05, 3.63) is 29.8 Å². The number of hydrogen-bond donors (Lipinski definition) is 1. The van der Waals surface area contributed by atoms with Crippen LogP contribution in [0.1, 0.15) is 12.8 Å². The average molecular weight is 212 g/mol. The van der Waals surface area contributed by atoms with Crippen molar-refractivity contribution in [1.29, 1.82) is 0 Å². The fraction of sp³-hybridized carbons (Fsp3) is 0.455. The molecule has 0 aromatic heterocycles. The van der Waals surface area contributed by atoms with Crippen molar-refractivity contribution in [3.8, 4) is 0 Å². The zero-order chi connectivity index (χ0) is 10.8. The van der Waals surface area contributed by atoms with E-state index >= 15 is 0 Å². The van der Waals surface area contributed by atoms with Crippen molar-refractivity contribution in [1.82, 2.24) is 0 Å². The average Bonchev–Trinajstić information content (AvgIpc) is 2.17. The summed E-state index contributed by atoms with van der Waals surface area (Å²) in [5, 5.41) is 0. The minimum Gasteiger partial charge on any atom is -0.368 e. The van der Waals surface area contributed by atoms with Crippen molar-refractivity contribution in [2.45, 2.75) is 18.9 Å². The third kappa shape index (κ3) is 2.26. The van der Waals surface area contributed by atoms with Crippen LogP contribution in [0, 0.1) is 11.6 Å². The predicted octanol–water partition coefficient (Wildman–Crippen LogP) is 1.89. The topological polar surface area (TPSA) is 29.3 Å². The van der Waals surface area contributed by atoms with Crippen LogP contribution in [0.25, 0.3) is 0 Å². The second-order valence-electron chi connectivity index (χ2n) is 3.94. The molecule has 2 nitrogen and oxygen atoms in total. The smallest absolute Gasteiger partial charge is 0.149 e. The van der Waals surface area contributed by atoms with Gasteiger partial charge < -0.3 is 10.6 Å². The number of nitrogens with two attached hydrogens (primary N) is 1. The molecule has 0 amide bonds. The van der Waals surface area contributed by atoms with Crippen LogP contribution in [0.5, 0.6) is 0 Å². The van der Waals surface area contributed by atoms with E-state index < -0.39 is 11.6 Å². The SMILES string of the molecule is NC1CCCN(c2ccc(F)cc2F)C1. The van der Waals surface area contributed by atoms with Crippen LogP contribution >= 0.6 is 0 Å². The van der Waals surface area contributed by atoms with Crippen molar-refractivity contribution >= 4 is 5.69 Å². The Hall–Kier alpha value is -1.16. The summed E-state index contributed by atoms with van der Waals surface area (Å²) in [4.78, 5) is 1.88. The van der Waals surface area contributed by atoms with Crippen LogP contribution in [-0.4, -0.2) is 19.1 Å². The molecule has 0 aliphatic carbocycles. The third-order valence-corrected chi connectivity index (χ3v) is 2.71. The molecule has 1 aromatic carbocycles. The van der Waals surface area contributed by atoms with Gasteiger partial charge in [-0.1, -0.05) is 0 Å². The van der Waals surface area contributed by atoms with Crippen LogP contribution in [0.3, 0.4) is 0 Å². The number of nitrogens with zero attached hydrogens (tertiary/aromatic N) is 1. The summed E-state index contributed by atoms with van der Waals surface area (Å²) in [5.74, 6) is -1.05. The van der Waals surface area contributed by atoms with Crippen molar-refractivity contribution in [3.63, 3.8) is 0 Å². The minimum atomic E-state index is -0.544. The number of benzene rings is 1. The van der Waals surface area contributed by atoms with Gasteiger partial charge in [0.2, 0.25) is 0 Å². The normalized spacial score (nSPS) is 21.8. The van der Waals surface area contributed by atoms with Gasteiger partial charge in [0.1, 0.15) is 11.6 Å². The van der Waals surface area contributed by atoms with E-state index in [4.69, 9.17) is 5.73 Å². The van der Waals surface area contributed by atoms with E-state index in [0.717, 1.165) is 25.5 Å². The van der Waals surface area contributed by atoms with Gasteiger partial charge in [0.15, 0.2) is 0 Å². The zero-order valence-electron chi connectivity index (χ0n) is 8.42. The Labute approximate surface area is 87.7 Å². The predicted molar refractivity (Wildman–Crippen MR) is 55.8 cm³/mol. The molecule has 1 aliphatic heterocycles. The molecule has 15 heavy (non-hydrogen) atoms. The van der Waals surface area contributed by atoms with Crippen molar-refractivity contribution in [2.24, 2.45) is 5.73 Å². The molecule has 0 saturated carbocycles. The van der Waals surface area contributed by atoms with Crippen LogP contribution in [-0.2, 0) is 0 Å². The van der Waals surface area contributed by atoms with E-state index in [9.17, 15) is 8.78 Å². The minimum absolute atomic E-state index is 0.0863. The number of hydrogen-bond acceptors (Lipinski definition) is 2. The lowest BCUT2D eigenvalue weighted by Crippen LogP contribution is -2.43. The second-order valence-corrected chi connectivity index (χ2v) is 3.94. The largest absolute Gasteiger partial charge is 0.368 e. The molecular formula is C11H14F2N2. The summed E-state index contributed by atoms with van der Waals surface area (Å²) < 4.78 is 26.1. The molecule has 1 unspecified atom stereocenters. The lowest BCUT2D eigenvalue weighted by atomic mass is 10.1. The molecule has 2 rings (SSSR count). The Morgan fingerprint density at radius 3 is 2.80 bits per heavy atom. The molecule has 1 heterocycles. The Balaban J connectivity index is 2.21. The second kappa shape index (κ2) is 4.14. The monoisotopic (exact) mass is 212 g/mol.